The van der Waals surface area contributed by atoms with Gasteiger partial charge in [-0.2, -0.15) is 0 Å². The van der Waals surface area contributed by atoms with Gasteiger partial charge < -0.3 is 25.4 Å². The summed E-state index contributed by atoms with van der Waals surface area (Å²) in [6, 6.07) is 22.3. The molecule has 216 valence electrons. The second kappa shape index (κ2) is 14.5. The van der Waals surface area contributed by atoms with Gasteiger partial charge in [0.05, 0.1) is 18.1 Å². The van der Waals surface area contributed by atoms with E-state index in [0.717, 1.165) is 16.5 Å². The van der Waals surface area contributed by atoms with Crippen LogP contribution in [0.3, 0.4) is 0 Å². The number of carbonyl (C=O) groups is 2. The van der Waals surface area contributed by atoms with Crippen molar-refractivity contribution in [3.05, 3.63) is 108 Å². The molecule has 0 spiro atoms. The minimum atomic E-state index is -3.72. The summed E-state index contributed by atoms with van der Waals surface area (Å²) in [5.41, 5.74) is 1.79. The van der Waals surface area contributed by atoms with Gasteiger partial charge in [0.2, 0.25) is 5.91 Å². The third-order valence-electron chi connectivity index (χ3n) is 6.76. The molecule has 1 aliphatic rings. The highest BCUT2D eigenvalue weighted by Gasteiger charge is 2.26. The molecule has 0 aromatic heterocycles. The van der Waals surface area contributed by atoms with Crippen LogP contribution in [-0.2, 0) is 32.2 Å². The summed E-state index contributed by atoms with van der Waals surface area (Å²) in [7, 11) is -3.72. The highest BCUT2D eigenvalue weighted by molar-refractivity contribution is 7.94. The minimum Gasteiger partial charge on any atom is -0.508 e. The molecule has 0 saturated carbocycles. The average molecular weight is 578 g/mol. The Labute approximate surface area is 240 Å². The molecule has 0 radical (unpaired) electrons. The molecule has 1 heterocycles. The zero-order chi connectivity index (χ0) is 29.1. The predicted octanol–water partition coefficient (Wildman–Crippen LogP) is 3.45. The van der Waals surface area contributed by atoms with Crippen LogP contribution in [-0.4, -0.2) is 68.7 Å². The molecule has 3 aromatic carbocycles. The van der Waals surface area contributed by atoms with Gasteiger partial charge in [0.1, 0.15) is 11.8 Å². The first-order valence-corrected chi connectivity index (χ1v) is 15.1. The lowest BCUT2D eigenvalue weighted by Gasteiger charge is -2.29. The Morgan fingerprint density at radius 3 is 2.17 bits per heavy atom. The fraction of sp³-hybridized carbons (Fsp3) is 0.290. The number of nitrogens with one attached hydrogen (secondary N) is 2. The molecule has 1 aliphatic heterocycles. The van der Waals surface area contributed by atoms with Crippen LogP contribution in [0.15, 0.2) is 101 Å². The first-order chi connectivity index (χ1) is 19.8. The van der Waals surface area contributed by atoms with Crippen LogP contribution in [0.2, 0.25) is 0 Å². The first-order valence-electron chi connectivity index (χ1n) is 13.5. The summed E-state index contributed by atoms with van der Waals surface area (Å²) >= 11 is 0. The number of amides is 3. The van der Waals surface area contributed by atoms with E-state index >= 15 is 0 Å². The van der Waals surface area contributed by atoms with Crippen molar-refractivity contribution in [1.82, 2.24) is 15.5 Å². The fourth-order valence-corrected chi connectivity index (χ4v) is 5.53. The van der Waals surface area contributed by atoms with Gasteiger partial charge in [-0.1, -0.05) is 66.7 Å². The summed E-state index contributed by atoms with van der Waals surface area (Å²) in [4.78, 5) is 28.4. The molecule has 3 amide bonds. The Morgan fingerprint density at radius 1 is 0.878 bits per heavy atom. The van der Waals surface area contributed by atoms with Crippen molar-refractivity contribution in [2.45, 2.75) is 36.2 Å². The number of hydrogen-bond donors (Lipinski definition) is 3. The van der Waals surface area contributed by atoms with Crippen molar-refractivity contribution < 1.29 is 27.9 Å². The van der Waals surface area contributed by atoms with Gasteiger partial charge >= 0.3 is 6.03 Å². The Morgan fingerprint density at radius 2 is 1.51 bits per heavy atom. The number of morpholine rings is 1. The van der Waals surface area contributed by atoms with Gasteiger partial charge in [-0.25, -0.2) is 13.2 Å². The summed E-state index contributed by atoms with van der Waals surface area (Å²) in [6.45, 7) is 1.67. The van der Waals surface area contributed by atoms with Gasteiger partial charge in [0.15, 0.2) is 9.84 Å². The number of benzene rings is 3. The van der Waals surface area contributed by atoms with Crippen LogP contribution >= 0.6 is 0 Å². The van der Waals surface area contributed by atoms with Crippen molar-refractivity contribution >= 4 is 21.8 Å². The standard InChI is InChI=1S/C31H35N3O6S/c35-27-15-12-25(13-16-27)23-29(33-31(37)34-18-20-40-21-19-34)30(36)32-26(14-11-24-7-3-1-4-8-24)17-22-41(38,39)28-9-5-2-6-10-28/h1-10,12-13,15-17,22,26,29,35H,11,14,18-21,23H2,(H,32,36)(H,33,37)/t26-,29-/m0/s1. The third-order valence-corrected chi connectivity index (χ3v) is 8.21. The highest BCUT2D eigenvalue weighted by Crippen LogP contribution is 2.15. The molecule has 3 N–H and O–H groups in total. The second-order valence-electron chi connectivity index (χ2n) is 9.80. The Hall–Kier alpha value is -4.15. The summed E-state index contributed by atoms with van der Waals surface area (Å²) < 4.78 is 31.2. The summed E-state index contributed by atoms with van der Waals surface area (Å²) in [6.07, 6.45) is 2.72. The molecule has 0 unspecified atom stereocenters. The number of urea groups is 1. The van der Waals surface area contributed by atoms with E-state index in [1.54, 1.807) is 35.2 Å². The van der Waals surface area contributed by atoms with Gasteiger partial charge in [0, 0.05) is 31.0 Å². The van der Waals surface area contributed by atoms with E-state index in [9.17, 15) is 23.1 Å². The molecule has 9 nitrogen and oxygen atoms in total. The predicted molar refractivity (Wildman–Crippen MR) is 156 cm³/mol. The Balaban J connectivity index is 1.54. The molecule has 0 bridgehead atoms. The largest absolute Gasteiger partial charge is 0.508 e. The summed E-state index contributed by atoms with van der Waals surface area (Å²) in [5, 5.41) is 16.6. The molecule has 41 heavy (non-hydrogen) atoms. The van der Waals surface area contributed by atoms with Crippen molar-refractivity contribution in [2.24, 2.45) is 0 Å². The minimum absolute atomic E-state index is 0.0952. The molecule has 1 saturated heterocycles. The quantitative estimate of drug-likeness (QED) is 0.321. The maximum absolute atomic E-state index is 13.6. The Bertz CT molecular complexity index is 1410. The number of carbonyl (C=O) groups excluding carboxylic acids is 2. The van der Waals surface area contributed by atoms with Crippen LogP contribution in [0.25, 0.3) is 0 Å². The number of aryl methyl sites for hydroxylation is 1. The van der Waals surface area contributed by atoms with Crippen LogP contribution in [0.5, 0.6) is 5.75 Å². The zero-order valence-electron chi connectivity index (χ0n) is 22.7. The Kier molecular flexibility index (Phi) is 10.5. The first kappa shape index (κ1) is 29.8. The van der Waals surface area contributed by atoms with Crippen LogP contribution in [0.4, 0.5) is 4.79 Å². The smallest absolute Gasteiger partial charge is 0.318 e. The SMILES string of the molecule is O=C(N[C@H](C=CS(=O)(=O)c1ccccc1)CCc1ccccc1)[C@H](Cc1ccc(O)cc1)NC(=O)N1CCOCC1. The van der Waals surface area contributed by atoms with Crippen LogP contribution < -0.4 is 10.6 Å². The van der Waals surface area contributed by atoms with E-state index in [2.05, 4.69) is 10.6 Å². The molecule has 3 aromatic rings. The fourth-order valence-electron chi connectivity index (χ4n) is 4.44. The molecule has 4 rings (SSSR count). The number of hydrogen-bond acceptors (Lipinski definition) is 6. The van der Waals surface area contributed by atoms with Crippen molar-refractivity contribution in [3.63, 3.8) is 0 Å². The van der Waals surface area contributed by atoms with E-state index in [1.165, 1.54) is 30.3 Å². The maximum atomic E-state index is 13.6. The summed E-state index contributed by atoms with van der Waals surface area (Å²) in [5.74, 6) is -0.350. The van der Waals surface area contributed by atoms with E-state index in [0.29, 0.717) is 39.1 Å². The van der Waals surface area contributed by atoms with Crippen molar-refractivity contribution in [1.29, 1.82) is 0 Å². The number of aromatic hydroxyl groups is 1. The average Bonchev–Trinajstić information content (AvgIpc) is 3.00. The molecule has 1 fully saturated rings. The van der Waals surface area contributed by atoms with Crippen LogP contribution in [0, 0.1) is 0 Å². The molecular formula is C31H35N3O6S. The van der Waals surface area contributed by atoms with E-state index in [4.69, 9.17) is 4.74 Å². The van der Waals surface area contributed by atoms with Crippen LogP contribution in [0.1, 0.15) is 17.5 Å². The highest BCUT2D eigenvalue weighted by atomic mass is 32.2. The van der Waals surface area contributed by atoms with Gasteiger partial charge in [-0.15, -0.1) is 0 Å². The number of phenols is 1. The van der Waals surface area contributed by atoms with Gasteiger partial charge in [-0.3, -0.25) is 4.79 Å². The normalized spacial score (nSPS) is 15.3. The van der Waals surface area contributed by atoms with Crippen molar-refractivity contribution in [3.8, 4) is 5.75 Å². The van der Waals surface area contributed by atoms with E-state index in [-0.39, 0.29) is 23.1 Å². The molecular weight excluding hydrogens is 542 g/mol. The number of rotatable bonds is 11. The molecule has 0 aliphatic carbocycles. The third kappa shape index (κ3) is 9.19. The van der Waals surface area contributed by atoms with E-state index in [1.807, 2.05) is 30.3 Å². The lowest BCUT2D eigenvalue weighted by Crippen LogP contribution is -2.55. The number of ether oxygens (including phenoxy) is 1. The zero-order valence-corrected chi connectivity index (χ0v) is 23.5. The lowest BCUT2D eigenvalue weighted by atomic mass is 10.0. The maximum Gasteiger partial charge on any atom is 0.318 e. The van der Waals surface area contributed by atoms with Gasteiger partial charge in [0.25, 0.3) is 0 Å². The topological polar surface area (TPSA) is 125 Å². The number of phenolic OH excluding ortho intramolecular Hbond substituents is 1. The number of sulfone groups is 1. The van der Waals surface area contributed by atoms with E-state index < -0.39 is 27.8 Å². The molecule has 2 atom stereocenters. The monoisotopic (exact) mass is 577 g/mol. The molecule has 10 heteroatoms. The second-order valence-corrected chi connectivity index (χ2v) is 11.6. The van der Waals surface area contributed by atoms with Gasteiger partial charge in [-0.05, 0) is 48.2 Å². The number of nitrogens with zero attached hydrogens (tertiary/aromatic N) is 1. The van der Waals surface area contributed by atoms with Crippen molar-refractivity contribution in [2.75, 3.05) is 26.3 Å². The lowest BCUT2D eigenvalue weighted by molar-refractivity contribution is -0.123.